The van der Waals surface area contributed by atoms with Gasteiger partial charge in [-0.05, 0) is 51.8 Å². The molecule has 0 bridgehead atoms. The number of halogens is 1. The van der Waals surface area contributed by atoms with Crippen LogP contribution in [0.15, 0.2) is 44.6 Å². The lowest BCUT2D eigenvalue weighted by Crippen LogP contribution is -1.99. The number of methoxy groups -OCH3 is 1. The van der Waals surface area contributed by atoms with Gasteiger partial charge in [0.05, 0.1) is 28.3 Å². The fraction of sp³-hybridized carbons (Fsp3) is 0.111. The Hall–Kier alpha value is -2.98. The SMILES string of the molecule is C#CCOc1c(Br)cc(C=Nc2ccc3[nH]c(=O)[nH]c3c2)cc1OC. The topological polar surface area (TPSA) is 79.5 Å². The molecule has 2 N–H and O–H groups in total. The summed E-state index contributed by atoms with van der Waals surface area (Å²) < 4.78 is 11.6. The fourth-order valence-electron chi connectivity index (χ4n) is 2.32. The molecule has 0 radical (unpaired) electrons. The van der Waals surface area contributed by atoms with E-state index in [9.17, 15) is 4.79 Å². The van der Waals surface area contributed by atoms with Gasteiger partial charge in [-0.1, -0.05) is 5.92 Å². The number of imidazole rings is 1. The number of aliphatic imine (C=N–C) groups is 1. The number of aromatic nitrogens is 2. The van der Waals surface area contributed by atoms with E-state index in [1.807, 2.05) is 12.1 Å². The van der Waals surface area contributed by atoms with Crippen molar-refractivity contribution in [3.8, 4) is 23.8 Å². The molecule has 0 saturated heterocycles. The second-order valence-electron chi connectivity index (χ2n) is 5.09. The Bertz CT molecular complexity index is 1040. The third-order valence-electron chi connectivity index (χ3n) is 3.41. The van der Waals surface area contributed by atoms with E-state index >= 15 is 0 Å². The van der Waals surface area contributed by atoms with Crippen LogP contribution in [0.2, 0.25) is 0 Å². The molecular formula is C18H14BrN3O3. The highest BCUT2D eigenvalue weighted by Crippen LogP contribution is 2.36. The van der Waals surface area contributed by atoms with Crippen LogP contribution in [0.1, 0.15) is 5.56 Å². The van der Waals surface area contributed by atoms with Crippen LogP contribution in [-0.2, 0) is 0 Å². The molecule has 1 aromatic heterocycles. The number of aromatic amines is 2. The van der Waals surface area contributed by atoms with Crippen LogP contribution in [0.3, 0.4) is 0 Å². The van der Waals surface area contributed by atoms with E-state index in [4.69, 9.17) is 15.9 Å². The molecule has 0 atom stereocenters. The number of hydrogen-bond acceptors (Lipinski definition) is 4. The number of hydrogen-bond donors (Lipinski definition) is 2. The van der Waals surface area contributed by atoms with Crippen LogP contribution >= 0.6 is 15.9 Å². The van der Waals surface area contributed by atoms with Crippen molar-refractivity contribution < 1.29 is 9.47 Å². The third kappa shape index (κ3) is 3.75. The molecule has 7 heteroatoms. The van der Waals surface area contributed by atoms with Crippen molar-refractivity contribution in [1.29, 1.82) is 0 Å². The highest BCUT2D eigenvalue weighted by molar-refractivity contribution is 9.10. The minimum absolute atomic E-state index is 0.150. The smallest absolute Gasteiger partial charge is 0.323 e. The summed E-state index contributed by atoms with van der Waals surface area (Å²) in [5.74, 6) is 3.52. The van der Waals surface area contributed by atoms with Gasteiger partial charge in [-0.2, -0.15) is 0 Å². The second-order valence-corrected chi connectivity index (χ2v) is 5.95. The van der Waals surface area contributed by atoms with E-state index in [-0.39, 0.29) is 12.3 Å². The quantitative estimate of drug-likeness (QED) is 0.509. The lowest BCUT2D eigenvalue weighted by Gasteiger charge is -2.11. The van der Waals surface area contributed by atoms with Crippen molar-refractivity contribution in [3.05, 3.63) is 50.9 Å². The van der Waals surface area contributed by atoms with Gasteiger partial charge in [0.2, 0.25) is 0 Å². The minimum Gasteiger partial charge on any atom is -0.493 e. The van der Waals surface area contributed by atoms with Gasteiger partial charge >= 0.3 is 5.69 Å². The Morgan fingerprint density at radius 3 is 2.84 bits per heavy atom. The van der Waals surface area contributed by atoms with Gasteiger partial charge in [0.1, 0.15) is 6.61 Å². The molecular weight excluding hydrogens is 386 g/mol. The number of benzene rings is 2. The molecule has 6 nitrogen and oxygen atoms in total. The molecule has 0 amide bonds. The van der Waals surface area contributed by atoms with Gasteiger partial charge in [0.25, 0.3) is 0 Å². The van der Waals surface area contributed by atoms with Gasteiger partial charge in [0, 0.05) is 6.21 Å². The van der Waals surface area contributed by atoms with E-state index in [0.717, 1.165) is 11.1 Å². The molecule has 0 unspecified atom stereocenters. The fourth-order valence-corrected chi connectivity index (χ4v) is 2.89. The van der Waals surface area contributed by atoms with E-state index in [0.29, 0.717) is 27.2 Å². The molecule has 1 heterocycles. The Morgan fingerprint density at radius 1 is 1.28 bits per heavy atom. The average Bonchev–Trinajstić information content (AvgIpc) is 2.97. The molecule has 25 heavy (non-hydrogen) atoms. The summed E-state index contributed by atoms with van der Waals surface area (Å²) in [6.07, 6.45) is 6.92. The van der Waals surface area contributed by atoms with Crippen molar-refractivity contribution in [3.63, 3.8) is 0 Å². The Kier molecular flexibility index (Phi) is 4.91. The summed E-state index contributed by atoms with van der Waals surface area (Å²) in [7, 11) is 1.56. The molecule has 0 saturated carbocycles. The first-order chi connectivity index (χ1) is 12.1. The number of H-pyrrole nitrogens is 2. The summed E-state index contributed by atoms with van der Waals surface area (Å²) in [6, 6.07) is 9.07. The second kappa shape index (κ2) is 7.28. The number of nitrogens with one attached hydrogen (secondary N) is 2. The monoisotopic (exact) mass is 399 g/mol. The largest absolute Gasteiger partial charge is 0.493 e. The predicted octanol–water partition coefficient (Wildman–Crippen LogP) is 3.39. The Morgan fingerprint density at radius 2 is 2.08 bits per heavy atom. The van der Waals surface area contributed by atoms with Crippen LogP contribution in [-0.4, -0.2) is 29.9 Å². The number of terminal acetylenes is 1. The summed E-state index contributed by atoms with van der Waals surface area (Å²) in [5.41, 5.74) is 2.73. The third-order valence-corrected chi connectivity index (χ3v) is 4.00. The summed E-state index contributed by atoms with van der Waals surface area (Å²) in [4.78, 5) is 21.1. The Balaban J connectivity index is 1.90. The Labute approximate surface area is 152 Å². The van der Waals surface area contributed by atoms with Gasteiger partial charge in [-0.3, -0.25) is 4.99 Å². The number of nitrogens with zero attached hydrogens (tertiary/aromatic N) is 1. The van der Waals surface area contributed by atoms with Gasteiger partial charge < -0.3 is 19.4 Å². The average molecular weight is 400 g/mol. The minimum atomic E-state index is -0.243. The molecule has 0 fully saturated rings. The van der Waals surface area contributed by atoms with Gasteiger partial charge in [0.15, 0.2) is 11.5 Å². The maximum atomic E-state index is 11.3. The van der Waals surface area contributed by atoms with Crippen molar-refractivity contribution in [1.82, 2.24) is 9.97 Å². The molecule has 126 valence electrons. The van der Waals surface area contributed by atoms with E-state index in [2.05, 4.69) is 36.8 Å². The van der Waals surface area contributed by atoms with Crippen LogP contribution < -0.4 is 15.2 Å². The molecule has 0 aliphatic carbocycles. The number of rotatable bonds is 5. The van der Waals surface area contributed by atoms with Gasteiger partial charge in [-0.25, -0.2) is 4.79 Å². The summed E-state index contributed by atoms with van der Waals surface area (Å²) in [6.45, 7) is 0.150. The zero-order valence-corrected chi connectivity index (χ0v) is 14.9. The highest BCUT2D eigenvalue weighted by atomic mass is 79.9. The zero-order valence-electron chi connectivity index (χ0n) is 13.3. The molecule has 3 aromatic rings. The van der Waals surface area contributed by atoms with Crippen LogP contribution in [0.4, 0.5) is 5.69 Å². The molecule has 0 spiro atoms. The first kappa shape index (κ1) is 16.9. The maximum absolute atomic E-state index is 11.3. The lowest BCUT2D eigenvalue weighted by molar-refractivity contribution is 0.329. The van der Waals surface area contributed by atoms with Crippen molar-refractivity contribution in [2.45, 2.75) is 0 Å². The number of ether oxygens (including phenoxy) is 2. The van der Waals surface area contributed by atoms with Crippen LogP contribution in [0.25, 0.3) is 11.0 Å². The van der Waals surface area contributed by atoms with Crippen molar-refractivity contribution in [2.75, 3.05) is 13.7 Å². The van der Waals surface area contributed by atoms with Crippen molar-refractivity contribution >= 4 is 38.9 Å². The molecule has 0 aliphatic heterocycles. The van der Waals surface area contributed by atoms with E-state index in [1.54, 1.807) is 31.5 Å². The van der Waals surface area contributed by atoms with Gasteiger partial charge in [-0.15, -0.1) is 6.42 Å². The normalized spacial score (nSPS) is 10.9. The van der Waals surface area contributed by atoms with E-state index < -0.39 is 0 Å². The first-order valence-corrected chi connectivity index (χ1v) is 8.10. The van der Waals surface area contributed by atoms with E-state index in [1.165, 1.54) is 0 Å². The lowest BCUT2D eigenvalue weighted by atomic mass is 10.2. The molecule has 2 aromatic carbocycles. The summed E-state index contributed by atoms with van der Waals surface area (Å²) >= 11 is 3.45. The highest BCUT2D eigenvalue weighted by Gasteiger charge is 2.10. The standard InChI is InChI=1S/C18H14BrN3O3/c1-3-6-25-17-13(19)7-11(8-16(17)24-2)10-20-12-4-5-14-15(9-12)22-18(23)21-14/h1,4-5,7-10H,6H2,2H3,(H2,21,22,23). The van der Waals surface area contributed by atoms with Crippen LogP contribution in [0.5, 0.6) is 11.5 Å². The van der Waals surface area contributed by atoms with Crippen LogP contribution in [0, 0.1) is 12.3 Å². The number of fused-ring (bicyclic) bond motifs is 1. The first-order valence-electron chi connectivity index (χ1n) is 7.30. The predicted molar refractivity (Wildman–Crippen MR) is 101 cm³/mol. The maximum Gasteiger partial charge on any atom is 0.323 e. The molecule has 3 rings (SSSR count). The molecule has 0 aliphatic rings. The van der Waals surface area contributed by atoms with Crippen molar-refractivity contribution in [2.24, 2.45) is 4.99 Å². The summed E-state index contributed by atoms with van der Waals surface area (Å²) in [5, 5.41) is 0. The zero-order chi connectivity index (χ0) is 17.8.